The van der Waals surface area contributed by atoms with E-state index in [9.17, 15) is 9.18 Å². The Balaban J connectivity index is 1.49. The lowest BCUT2D eigenvalue weighted by atomic mass is 10.2. The molecule has 0 saturated heterocycles. The van der Waals surface area contributed by atoms with Gasteiger partial charge in [0.15, 0.2) is 10.8 Å². The first-order chi connectivity index (χ1) is 14.4. The smallest absolute Gasteiger partial charge is 0.239 e. The van der Waals surface area contributed by atoms with Gasteiger partial charge in [0.1, 0.15) is 5.82 Å². The van der Waals surface area contributed by atoms with Crippen LogP contribution in [0.25, 0.3) is 16.0 Å². The fourth-order valence-electron chi connectivity index (χ4n) is 3.13. The number of anilines is 1. The normalized spacial score (nSPS) is 11.1. The molecule has 0 aliphatic rings. The van der Waals surface area contributed by atoms with Gasteiger partial charge in [0, 0.05) is 19.2 Å². The highest BCUT2D eigenvalue weighted by atomic mass is 32.1. The van der Waals surface area contributed by atoms with Crippen molar-refractivity contribution in [2.45, 2.75) is 20.4 Å². The molecule has 0 aliphatic carbocycles. The molecule has 0 spiro atoms. The predicted molar refractivity (Wildman–Crippen MR) is 118 cm³/mol. The number of fused-ring (bicyclic) bond motifs is 1. The van der Waals surface area contributed by atoms with Gasteiger partial charge in [-0.2, -0.15) is 10.1 Å². The van der Waals surface area contributed by atoms with Crippen molar-refractivity contribution in [3.05, 3.63) is 71.2 Å². The van der Waals surface area contributed by atoms with E-state index in [2.05, 4.69) is 10.4 Å². The van der Waals surface area contributed by atoms with Crippen LogP contribution in [0.15, 0.2) is 48.5 Å². The van der Waals surface area contributed by atoms with Gasteiger partial charge in [0.2, 0.25) is 5.91 Å². The second kappa shape index (κ2) is 8.23. The number of nitrogens with one attached hydrogen (secondary N) is 1. The number of carbonyl (C=O) groups excluding carboxylic acids is 1. The highest BCUT2D eigenvalue weighted by Crippen LogP contribution is 2.32. The van der Waals surface area contributed by atoms with Crippen molar-refractivity contribution in [1.82, 2.24) is 20.1 Å². The number of hydrogen-bond donors (Lipinski definition) is 1. The number of halogens is 1. The summed E-state index contributed by atoms with van der Waals surface area (Å²) >= 11 is 1.50. The number of carbonyl (C=O) groups is 1. The van der Waals surface area contributed by atoms with Crippen molar-refractivity contribution in [2.75, 3.05) is 18.5 Å². The van der Waals surface area contributed by atoms with Gasteiger partial charge in [-0.25, -0.2) is 9.07 Å². The molecule has 4 rings (SSSR count). The fourth-order valence-corrected chi connectivity index (χ4v) is 4.07. The van der Waals surface area contributed by atoms with Gasteiger partial charge in [-0.3, -0.25) is 4.79 Å². The highest BCUT2D eigenvalue weighted by molar-refractivity contribution is 7.22. The molecule has 0 aliphatic heterocycles. The third kappa shape index (κ3) is 4.04. The molecule has 1 amide bonds. The molecule has 30 heavy (non-hydrogen) atoms. The minimum absolute atomic E-state index is 0.127. The van der Waals surface area contributed by atoms with Crippen molar-refractivity contribution in [3.8, 4) is 5.69 Å². The SMILES string of the molecule is Cc1ccc(-n2nc(C)c3sc(N(C)CC(=O)NCc4ccccc4F)nc32)cc1. The third-order valence-electron chi connectivity index (χ3n) is 4.80. The average molecular weight is 424 g/mol. The van der Waals surface area contributed by atoms with Crippen LogP contribution in [0.3, 0.4) is 0 Å². The van der Waals surface area contributed by atoms with E-state index in [4.69, 9.17) is 4.98 Å². The molecule has 2 aromatic heterocycles. The third-order valence-corrected chi connectivity index (χ3v) is 6.06. The number of benzene rings is 2. The Morgan fingerprint density at radius 3 is 2.63 bits per heavy atom. The second-order valence-corrected chi connectivity index (χ2v) is 8.18. The van der Waals surface area contributed by atoms with Crippen LogP contribution in [0.2, 0.25) is 0 Å². The molecule has 1 N–H and O–H groups in total. The first kappa shape index (κ1) is 20.0. The predicted octanol–water partition coefficient (Wildman–Crippen LogP) is 3.99. The summed E-state index contributed by atoms with van der Waals surface area (Å²) < 4.78 is 16.5. The quantitative estimate of drug-likeness (QED) is 0.509. The van der Waals surface area contributed by atoms with E-state index in [0.717, 1.165) is 26.9 Å². The summed E-state index contributed by atoms with van der Waals surface area (Å²) in [6.07, 6.45) is 0. The topological polar surface area (TPSA) is 63.1 Å². The molecule has 4 aromatic rings. The zero-order chi connectivity index (χ0) is 21.3. The minimum atomic E-state index is -0.325. The summed E-state index contributed by atoms with van der Waals surface area (Å²) in [5.41, 5.74) is 4.25. The molecule has 0 unspecified atom stereocenters. The van der Waals surface area contributed by atoms with Gasteiger partial charge in [-0.15, -0.1) is 0 Å². The maximum absolute atomic E-state index is 13.7. The molecule has 0 bridgehead atoms. The molecule has 154 valence electrons. The standard InChI is InChI=1S/C22H22FN5OS/c1-14-8-10-17(11-9-14)28-21-20(15(2)26-28)30-22(25-21)27(3)13-19(29)24-12-16-6-4-5-7-18(16)23/h4-11H,12-13H2,1-3H3,(H,24,29). The summed E-state index contributed by atoms with van der Waals surface area (Å²) in [7, 11) is 1.82. The van der Waals surface area contributed by atoms with Crippen LogP contribution in [0.5, 0.6) is 0 Å². The van der Waals surface area contributed by atoms with Crippen molar-refractivity contribution in [2.24, 2.45) is 0 Å². The maximum Gasteiger partial charge on any atom is 0.239 e. The van der Waals surface area contributed by atoms with E-state index in [1.165, 1.54) is 23.0 Å². The van der Waals surface area contributed by atoms with Crippen LogP contribution in [0.4, 0.5) is 9.52 Å². The Morgan fingerprint density at radius 2 is 1.90 bits per heavy atom. The van der Waals surface area contributed by atoms with E-state index in [1.54, 1.807) is 23.1 Å². The molecule has 0 saturated carbocycles. The number of amides is 1. The van der Waals surface area contributed by atoms with E-state index in [-0.39, 0.29) is 24.8 Å². The van der Waals surface area contributed by atoms with Crippen LogP contribution in [-0.4, -0.2) is 34.3 Å². The number of aryl methyl sites for hydroxylation is 2. The molecule has 0 fully saturated rings. The number of aromatic nitrogens is 3. The first-order valence-electron chi connectivity index (χ1n) is 9.57. The van der Waals surface area contributed by atoms with Crippen molar-refractivity contribution < 1.29 is 9.18 Å². The Kier molecular flexibility index (Phi) is 5.50. The van der Waals surface area contributed by atoms with Crippen LogP contribution >= 0.6 is 11.3 Å². The first-order valence-corrected chi connectivity index (χ1v) is 10.4. The Hall–Kier alpha value is -3.26. The largest absolute Gasteiger partial charge is 0.350 e. The molecular weight excluding hydrogens is 401 g/mol. The van der Waals surface area contributed by atoms with E-state index in [1.807, 2.05) is 49.8 Å². The molecule has 8 heteroatoms. The lowest BCUT2D eigenvalue weighted by molar-refractivity contribution is -0.119. The molecule has 2 heterocycles. The van der Waals surface area contributed by atoms with Crippen LogP contribution < -0.4 is 10.2 Å². The summed E-state index contributed by atoms with van der Waals surface area (Å²) in [6.45, 7) is 4.28. The average Bonchev–Trinajstić information content (AvgIpc) is 3.29. The highest BCUT2D eigenvalue weighted by Gasteiger charge is 2.18. The Morgan fingerprint density at radius 1 is 1.17 bits per heavy atom. The number of rotatable bonds is 6. The summed E-state index contributed by atoms with van der Waals surface area (Å²) in [6, 6.07) is 14.5. The zero-order valence-electron chi connectivity index (χ0n) is 17.0. The number of likely N-dealkylation sites (N-methyl/N-ethyl adjacent to an activating group) is 1. The Labute approximate surface area is 178 Å². The monoisotopic (exact) mass is 423 g/mol. The lowest BCUT2D eigenvalue weighted by Gasteiger charge is -2.15. The molecule has 0 atom stereocenters. The molecule has 0 radical (unpaired) electrons. The minimum Gasteiger partial charge on any atom is -0.350 e. The van der Waals surface area contributed by atoms with Crippen molar-refractivity contribution in [3.63, 3.8) is 0 Å². The number of hydrogen-bond acceptors (Lipinski definition) is 5. The second-order valence-electron chi connectivity index (χ2n) is 7.21. The summed E-state index contributed by atoms with van der Waals surface area (Å²) in [5, 5.41) is 8.10. The van der Waals surface area contributed by atoms with Crippen LogP contribution in [-0.2, 0) is 11.3 Å². The Bertz CT molecular complexity index is 1200. The van der Waals surface area contributed by atoms with E-state index in [0.29, 0.717) is 5.56 Å². The lowest BCUT2D eigenvalue weighted by Crippen LogP contribution is -2.34. The van der Waals surface area contributed by atoms with E-state index < -0.39 is 0 Å². The van der Waals surface area contributed by atoms with Gasteiger partial charge in [0.05, 0.1) is 22.6 Å². The number of thiazole rings is 1. The molecule has 6 nitrogen and oxygen atoms in total. The van der Waals surface area contributed by atoms with Crippen molar-refractivity contribution in [1.29, 1.82) is 0 Å². The van der Waals surface area contributed by atoms with Crippen molar-refractivity contribution >= 4 is 32.7 Å². The van der Waals surface area contributed by atoms with Gasteiger partial charge in [-0.1, -0.05) is 47.2 Å². The number of nitrogens with zero attached hydrogens (tertiary/aromatic N) is 4. The van der Waals surface area contributed by atoms with E-state index >= 15 is 0 Å². The van der Waals surface area contributed by atoms with Gasteiger partial charge in [-0.05, 0) is 32.0 Å². The summed E-state index contributed by atoms with van der Waals surface area (Å²) in [5.74, 6) is -0.523. The molecular formula is C22H22FN5OS. The summed E-state index contributed by atoms with van der Waals surface area (Å²) in [4.78, 5) is 18.9. The van der Waals surface area contributed by atoms with Gasteiger partial charge < -0.3 is 10.2 Å². The van der Waals surface area contributed by atoms with Gasteiger partial charge >= 0.3 is 0 Å². The van der Waals surface area contributed by atoms with Gasteiger partial charge in [0.25, 0.3) is 0 Å². The zero-order valence-corrected chi connectivity index (χ0v) is 17.8. The van der Waals surface area contributed by atoms with Crippen LogP contribution in [0, 0.1) is 19.7 Å². The van der Waals surface area contributed by atoms with Crippen LogP contribution in [0.1, 0.15) is 16.8 Å². The fraction of sp³-hybridized carbons (Fsp3) is 0.227. The molecule has 2 aromatic carbocycles. The maximum atomic E-state index is 13.7.